The summed E-state index contributed by atoms with van der Waals surface area (Å²) in [7, 11) is 3.86. The summed E-state index contributed by atoms with van der Waals surface area (Å²) in [5, 5.41) is 13.8. The molecule has 0 radical (unpaired) electrons. The molecule has 0 saturated heterocycles. The molecule has 0 spiro atoms. The van der Waals surface area contributed by atoms with Gasteiger partial charge in [0, 0.05) is 44.4 Å². The fourth-order valence-electron chi connectivity index (χ4n) is 2.01. The highest BCUT2D eigenvalue weighted by atomic mass is 16.1. The minimum Gasteiger partial charge on any atom is -0.376 e. The molecule has 0 saturated carbocycles. The quantitative estimate of drug-likeness (QED) is 0.593. The second kappa shape index (κ2) is 8.05. The number of aromatic nitrogens is 2. The van der Waals surface area contributed by atoms with Crippen molar-refractivity contribution in [1.29, 1.82) is 0 Å². The number of hydrogen-bond donors (Lipinski definition) is 2. The van der Waals surface area contributed by atoms with Crippen molar-refractivity contribution in [2.45, 2.75) is 6.92 Å². The van der Waals surface area contributed by atoms with E-state index < -0.39 is 0 Å². The maximum atomic E-state index is 12.0. The summed E-state index contributed by atoms with van der Waals surface area (Å²) in [4.78, 5) is 25.2. The molecular weight excluding hydrogens is 306 g/mol. The molecule has 0 aliphatic carbocycles. The molecule has 1 aromatic carbocycles. The minimum absolute atomic E-state index is 0.0211. The van der Waals surface area contributed by atoms with Gasteiger partial charge in [-0.2, -0.15) is 5.10 Å². The van der Waals surface area contributed by atoms with Crippen LogP contribution in [0.25, 0.3) is 0 Å². The lowest BCUT2D eigenvalue weighted by Gasteiger charge is -2.13. The molecule has 0 aliphatic rings. The zero-order valence-electron chi connectivity index (χ0n) is 14.0. The smallest absolute Gasteiger partial charge is 0.251 e. The number of Topliss-reactive ketones (excluding diaryl/α,β-unsaturated/α-hetero) is 1. The molecule has 126 valence electrons. The van der Waals surface area contributed by atoms with Crippen molar-refractivity contribution in [3.63, 3.8) is 0 Å². The topological polar surface area (TPSA) is 87.2 Å². The van der Waals surface area contributed by atoms with Gasteiger partial charge in [0.15, 0.2) is 11.6 Å². The number of rotatable bonds is 7. The first-order chi connectivity index (χ1) is 11.5. The van der Waals surface area contributed by atoms with Gasteiger partial charge < -0.3 is 15.5 Å². The highest BCUT2D eigenvalue weighted by Crippen LogP contribution is 2.12. The number of carbonyl (C=O) groups is 2. The Kier molecular flexibility index (Phi) is 5.83. The molecule has 0 unspecified atom stereocenters. The van der Waals surface area contributed by atoms with E-state index >= 15 is 0 Å². The average Bonchev–Trinajstić information content (AvgIpc) is 2.59. The van der Waals surface area contributed by atoms with E-state index in [4.69, 9.17) is 0 Å². The summed E-state index contributed by atoms with van der Waals surface area (Å²) in [6.45, 7) is 2.47. The molecule has 0 bridgehead atoms. The Morgan fingerprint density at radius 2 is 1.75 bits per heavy atom. The average molecular weight is 327 g/mol. The van der Waals surface area contributed by atoms with Crippen LogP contribution in [0.4, 0.5) is 11.5 Å². The van der Waals surface area contributed by atoms with Gasteiger partial charge in [-0.3, -0.25) is 9.59 Å². The second-order valence-corrected chi connectivity index (χ2v) is 5.51. The van der Waals surface area contributed by atoms with Crippen molar-refractivity contribution < 1.29 is 9.59 Å². The number of carbonyl (C=O) groups excluding carboxylic acids is 2. The fourth-order valence-corrected chi connectivity index (χ4v) is 2.01. The Balaban J connectivity index is 1.80. The van der Waals surface area contributed by atoms with Crippen molar-refractivity contribution in [3.05, 3.63) is 47.7 Å². The van der Waals surface area contributed by atoms with Gasteiger partial charge in [0.25, 0.3) is 5.91 Å². The predicted molar refractivity (Wildman–Crippen MR) is 93.6 cm³/mol. The van der Waals surface area contributed by atoms with Crippen LogP contribution in [0.1, 0.15) is 27.6 Å². The maximum absolute atomic E-state index is 12.0. The number of nitrogens with one attached hydrogen (secondary N) is 2. The maximum Gasteiger partial charge on any atom is 0.251 e. The Morgan fingerprint density at radius 3 is 2.38 bits per heavy atom. The lowest BCUT2D eigenvalue weighted by atomic mass is 10.1. The van der Waals surface area contributed by atoms with Gasteiger partial charge in [-0.1, -0.05) is 12.1 Å². The summed E-state index contributed by atoms with van der Waals surface area (Å²) >= 11 is 0. The lowest BCUT2D eigenvalue weighted by molar-refractivity contribution is 0.0953. The Morgan fingerprint density at radius 1 is 1.08 bits per heavy atom. The van der Waals surface area contributed by atoms with Gasteiger partial charge in [-0.15, -0.1) is 5.10 Å². The largest absolute Gasteiger partial charge is 0.376 e. The highest BCUT2D eigenvalue weighted by molar-refractivity contribution is 5.97. The monoisotopic (exact) mass is 327 g/mol. The zero-order chi connectivity index (χ0) is 17.5. The number of nitrogens with zero attached hydrogens (tertiary/aromatic N) is 3. The predicted octanol–water partition coefficient (Wildman–Crippen LogP) is 1.59. The Labute approximate surface area is 141 Å². The SMILES string of the molecule is CC(=O)c1ccc(C(=O)NCCNc2cc(N(C)C)cnn2)cc1. The van der Waals surface area contributed by atoms with Gasteiger partial charge in [0.2, 0.25) is 0 Å². The van der Waals surface area contributed by atoms with E-state index in [0.29, 0.717) is 30.0 Å². The summed E-state index contributed by atoms with van der Waals surface area (Å²) in [6, 6.07) is 8.47. The van der Waals surface area contributed by atoms with Crippen LogP contribution < -0.4 is 15.5 Å². The van der Waals surface area contributed by atoms with E-state index in [1.807, 2.05) is 25.1 Å². The van der Waals surface area contributed by atoms with Crippen molar-refractivity contribution >= 4 is 23.2 Å². The molecule has 0 fully saturated rings. The Hall–Kier alpha value is -2.96. The molecule has 0 atom stereocenters. The van der Waals surface area contributed by atoms with Crippen molar-refractivity contribution in [2.75, 3.05) is 37.4 Å². The van der Waals surface area contributed by atoms with E-state index in [0.717, 1.165) is 5.69 Å². The molecule has 1 aromatic heterocycles. The first-order valence-corrected chi connectivity index (χ1v) is 7.60. The van der Waals surface area contributed by atoms with Crippen LogP contribution in [0.15, 0.2) is 36.5 Å². The highest BCUT2D eigenvalue weighted by Gasteiger charge is 2.06. The standard InChI is InChI=1S/C17H21N5O2/c1-12(23)13-4-6-14(7-5-13)17(24)19-9-8-18-16-10-15(22(2)3)11-20-21-16/h4-7,10-11H,8-9H2,1-3H3,(H,18,21)(H,19,24). The number of benzene rings is 1. The third-order valence-corrected chi connectivity index (χ3v) is 3.43. The van der Waals surface area contributed by atoms with Gasteiger partial charge >= 0.3 is 0 Å². The molecule has 7 nitrogen and oxygen atoms in total. The number of ketones is 1. The summed E-state index contributed by atoms with van der Waals surface area (Å²) < 4.78 is 0. The molecule has 2 aromatic rings. The van der Waals surface area contributed by atoms with Gasteiger partial charge in [-0.05, 0) is 19.1 Å². The molecule has 1 heterocycles. The first-order valence-electron chi connectivity index (χ1n) is 7.60. The molecule has 1 amide bonds. The van der Waals surface area contributed by atoms with Crippen LogP contribution >= 0.6 is 0 Å². The first kappa shape index (κ1) is 17.4. The van der Waals surface area contributed by atoms with E-state index in [2.05, 4.69) is 20.8 Å². The van der Waals surface area contributed by atoms with Gasteiger partial charge in [-0.25, -0.2) is 0 Å². The van der Waals surface area contributed by atoms with Crippen LogP contribution in [0.3, 0.4) is 0 Å². The molecule has 2 N–H and O–H groups in total. The van der Waals surface area contributed by atoms with E-state index in [9.17, 15) is 9.59 Å². The molecule has 24 heavy (non-hydrogen) atoms. The third kappa shape index (κ3) is 4.77. The van der Waals surface area contributed by atoms with Crippen LogP contribution in [0.2, 0.25) is 0 Å². The number of anilines is 2. The zero-order valence-corrected chi connectivity index (χ0v) is 14.0. The van der Waals surface area contributed by atoms with Crippen LogP contribution in [-0.2, 0) is 0 Å². The fraction of sp³-hybridized carbons (Fsp3) is 0.294. The van der Waals surface area contributed by atoms with E-state index in [1.54, 1.807) is 30.5 Å². The Bertz CT molecular complexity index is 713. The molecule has 0 aliphatic heterocycles. The van der Waals surface area contributed by atoms with E-state index in [1.165, 1.54) is 6.92 Å². The van der Waals surface area contributed by atoms with Crippen molar-refractivity contribution in [1.82, 2.24) is 15.5 Å². The van der Waals surface area contributed by atoms with Crippen molar-refractivity contribution in [3.8, 4) is 0 Å². The summed E-state index contributed by atoms with van der Waals surface area (Å²) in [5.41, 5.74) is 2.06. The van der Waals surface area contributed by atoms with E-state index in [-0.39, 0.29) is 11.7 Å². The lowest BCUT2D eigenvalue weighted by Crippen LogP contribution is -2.29. The molecule has 2 rings (SSSR count). The van der Waals surface area contributed by atoms with Crippen molar-refractivity contribution in [2.24, 2.45) is 0 Å². The third-order valence-electron chi connectivity index (χ3n) is 3.43. The second-order valence-electron chi connectivity index (χ2n) is 5.51. The van der Waals surface area contributed by atoms with Gasteiger partial charge in [0.1, 0.15) is 0 Å². The van der Waals surface area contributed by atoms with Crippen LogP contribution in [0, 0.1) is 0 Å². The molecule has 7 heteroatoms. The van der Waals surface area contributed by atoms with Gasteiger partial charge in [0.05, 0.1) is 11.9 Å². The molecular formula is C17H21N5O2. The summed E-state index contributed by atoms with van der Waals surface area (Å²) in [6.07, 6.45) is 1.68. The van der Waals surface area contributed by atoms with Crippen LogP contribution in [-0.4, -0.2) is 49.1 Å². The number of amides is 1. The normalized spacial score (nSPS) is 10.1. The van der Waals surface area contributed by atoms with Crippen LogP contribution in [0.5, 0.6) is 0 Å². The number of hydrogen-bond acceptors (Lipinski definition) is 6. The summed E-state index contributed by atoms with van der Waals surface area (Å²) in [5.74, 6) is 0.452. The minimum atomic E-state index is -0.181.